The summed E-state index contributed by atoms with van der Waals surface area (Å²) in [5, 5.41) is 0. The Kier molecular flexibility index (Phi) is 7.10. The molecule has 1 aromatic carbocycles. The van der Waals surface area contributed by atoms with Crippen LogP contribution in [0.25, 0.3) is 0 Å². The molecule has 0 atom stereocenters. The molecule has 1 rings (SSSR count). The van der Waals surface area contributed by atoms with Crippen molar-refractivity contribution in [3.05, 3.63) is 21.1 Å². The van der Waals surface area contributed by atoms with E-state index >= 15 is 0 Å². The minimum atomic E-state index is -3.76. The molecule has 0 unspecified atom stereocenters. The highest BCUT2D eigenvalue weighted by molar-refractivity contribution is 9.11. The first-order chi connectivity index (χ1) is 8.86. The van der Waals surface area contributed by atoms with Crippen LogP contribution in [0.3, 0.4) is 0 Å². The van der Waals surface area contributed by atoms with Crippen LogP contribution in [0.5, 0.6) is 5.75 Å². The quantitative estimate of drug-likeness (QED) is 0.480. The van der Waals surface area contributed by atoms with Gasteiger partial charge < -0.3 is 9.47 Å². The Morgan fingerprint density at radius 1 is 1.21 bits per heavy atom. The zero-order valence-corrected chi connectivity index (χ0v) is 14.9. The van der Waals surface area contributed by atoms with Crippen LogP contribution in [-0.4, -0.2) is 28.2 Å². The van der Waals surface area contributed by atoms with Gasteiger partial charge in [0.2, 0.25) is 0 Å². The zero-order valence-electron chi connectivity index (χ0n) is 10.2. The fourth-order valence-electron chi connectivity index (χ4n) is 1.29. The molecule has 0 amide bonds. The first kappa shape index (κ1) is 17.2. The van der Waals surface area contributed by atoms with E-state index in [-0.39, 0.29) is 4.90 Å². The van der Waals surface area contributed by atoms with Gasteiger partial charge in [-0.3, -0.25) is 0 Å². The fraction of sp³-hybridized carbons (Fsp3) is 0.455. The van der Waals surface area contributed by atoms with Gasteiger partial charge in [0.25, 0.3) is 9.05 Å². The molecule has 0 saturated heterocycles. The Balaban J connectivity index is 2.75. The molecule has 0 radical (unpaired) electrons. The van der Waals surface area contributed by atoms with E-state index < -0.39 is 9.05 Å². The van der Waals surface area contributed by atoms with Gasteiger partial charge in [-0.2, -0.15) is 0 Å². The first-order valence-electron chi connectivity index (χ1n) is 5.50. The van der Waals surface area contributed by atoms with Crippen LogP contribution in [0.4, 0.5) is 0 Å². The lowest BCUT2D eigenvalue weighted by molar-refractivity contribution is 0.130. The minimum absolute atomic E-state index is 0.00887. The number of benzene rings is 1. The summed E-state index contributed by atoms with van der Waals surface area (Å²) in [4.78, 5) is 0.00887. The average molecular weight is 437 g/mol. The summed E-state index contributed by atoms with van der Waals surface area (Å²) >= 11 is 6.53. The molecule has 1 aromatic rings. The Labute approximate surface area is 134 Å². The van der Waals surface area contributed by atoms with Crippen molar-refractivity contribution in [1.82, 2.24) is 0 Å². The third-order valence-corrected chi connectivity index (χ3v) is 4.65. The molecule has 0 bridgehead atoms. The number of hydrogen-bond donors (Lipinski definition) is 0. The summed E-state index contributed by atoms with van der Waals surface area (Å²) in [5.41, 5.74) is 0. The number of ether oxygens (including phenoxy) is 2. The second kappa shape index (κ2) is 7.83. The van der Waals surface area contributed by atoms with Gasteiger partial charge in [-0.25, -0.2) is 8.42 Å². The molecular formula is C11H13Br2ClO4S. The molecule has 8 heteroatoms. The van der Waals surface area contributed by atoms with Crippen LogP contribution in [0.2, 0.25) is 0 Å². The third kappa shape index (κ3) is 5.59. The maximum atomic E-state index is 11.2. The summed E-state index contributed by atoms with van der Waals surface area (Å²) in [5.74, 6) is 0.542. The zero-order chi connectivity index (χ0) is 14.5. The number of halogens is 3. The van der Waals surface area contributed by atoms with Crippen molar-refractivity contribution in [3.8, 4) is 5.75 Å². The number of rotatable bonds is 7. The highest BCUT2D eigenvalue weighted by atomic mass is 79.9. The van der Waals surface area contributed by atoms with E-state index in [2.05, 4.69) is 31.9 Å². The largest absolute Gasteiger partial charge is 0.491 e. The molecule has 0 heterocycles. The highest BCUT2D eigenvalue weighted by Crippen LogP contribution is 2.36. The molecule has 0 fully saturated rings. The van der Waals surface area contributed by atoms with E-state index in [1.54, 1.807) is 0 Å². The van der Waals surface area contributed by atoms with Crippen molar-refractivity contribution in [3.63, 3.8) is 0 Å². The van der Waals surface area contributed by atoms with Gasteiger partial charge in [0.15, 0.2) is 0 Å². The summed E-state index contributed by atoms with van der Waals surface area (Å²) in [7, 11) is 1.53. The van der Waals surface area contributed by atoms with Crippen LogP contribution >= 0.6 is 42.5 Å². The lowest BCUT2D eigenvalue weighted by Crippen LogP contribution is -2.04. The van der Waals surface area contributed by atoms with Gasteiger partial charge in [0, 0.05) is 30.3 Å². The van der Waals surface area contributed by atoms with E-state index in [1.165, 1.54) is 12.1 Å². The van der Waals surface area contributed by atoms with E-state index in [0.29, 0.717) is 34.5 Å². The van der Waals surface area contributed by atoms with Crippen molar-refractivity contribution in [1.29, 1.82) is 0 Å². The third-order valence-electron chi connectivity index (χ3n) is 2.14. The molecule has 19 heavy (non-hydrogen) atoms. The van der Waals surface area contributed by atoms with Crippen LogP contribution in [-0.2, 0) is 13.8 Å². The molecule has 0 aliphatic carbocycles. The van der Waals surface area contributed by atoms with E-state index in [4.69, 9.17) is 20.2 Å². The molecule has 4 nitrogen and oxygen atoms in total. The van der Waals surface area contributed by atoms with Crippen molar-refractivity contribution in [2.75, 3.05) is 19.8 Å². The predicted octanol–water partition coefficient (Wildman–Crippen LogP) is 3.94. The molecule has 0 spiro atoms. The lowest BCUT2D eigenvalue weighted by atomic mass is 10.3. The van der Waals surface area contributed by atoms with E-state index in [0.717, 1.165) is 6.42 Å². The van der Waals surface area contributed by atoms with Crippen molar-refractivity contribution in [2.24, 2.45) is 0 Å². The molecule has 0 N–H and O–H groups in total. The van der Waals surface area contributed by atoms with Gasteiger partial charge in [-0.1, -0.05) is 0 Å². The van der Waals surface area contributed by atoms with Crippen molar-refractivity contribution in [2.45, 2.75) is 18.2 Å². The number of hydrogen-bond acceptors (Lipinski definition) is 4. The maximum Gasteiger partial charge on any atom is 0.261 e. The van der Waals surface area contributed by atoms with Crippen molar-refractivity contribution < 1.29 is 17.9 Å². The van der Waals surface area contributed by atoms with Crippen LogP contribution in [0.15, 0.2) is 26.0 Å². The second-order valence-electron chi connectivity index (χ2n) is 3.55. The summed E-state index contributed by atoms with van der Waals surface area (Å²) in [6.07, 6.45) is 0.752. The second-order valence-corrected chi connectivity index (χ2v) is 7.83. The monoisotopic (exact) mass is 434 g/mol. The van der Waals surface area contributed by atoms with Gasteiger partial charge in [0.05, 0.1) is 20.4 Å². The van der Waals surface area contributed by atoms with E-state index in [9.17, 15) is 8.42 Å². The van der Waals surface area contributed by atoms with Crippen LogP contribution in [0, 0.1) is 0 Å². The van der Waals surface area contributed by atoms with Gasteiger partial charge in [-0.05, 0) is 50.9 Å². The average Bonchev–Trinajstić information content (AvgIpc) is 2.30. The first-order valence-corrected chi connectivity index (χ1v) is 9.40. The van der Waals surface area contributed by atoms with Gasteiger partial charge in [-0.15, -0.1) is 0 Å². The summed E-state index contributed by atoms with van der Waals surface area (Å²) in [6.45, 7) is 3.71. The Bertz CT molecular complexity index is 510. The molecular weight excluding hydrogens is 423 g/mol. The molecule has 0 saturated carbocycles. The Hall–Kier alpha value is 0.180. The lowest BCUT2D eigenvalue weighted by Gasteiger charge is -2.11. The summed E-state index contributed by atoms with van der Waals surface area (Å²) in [6, 6.07) is 2.82. The molecule has 0 aliphatic rings. The smallest absolute Gasteiger partial charge is 0.261 e. The van der Waals surface area contributed by atoms with Crippen molar-refractivity contribution >= 4 is 51.6 Å². The normalized spacial score (nSPS) is 11.6. The Morgan fingerprint density at radius 2 is 1.79 bits per heavy atom. The Morgan fingerprint density at radius 3 is 2.26 bits per heavy atom. The highest BCUT2D eigenvalue weighted by Gasteiger charge is 2.16. The van der Waals surface area contributed by atoms with E-state index in [1.807, 2.05) is 6.92 Å². The van der Waals surface area contributed by atoms with Crippen LogP contribution < -0.4 is 4.74 Å². The standard InChI is InChI=1S/C11H13Br2ClO4S/c1-2-17-4-3-5-18-11-9(12)6-8(7-10(11)13)19(14,15)16/h6-7H,2-5H2,1H3. The fourth-order valence-corrected chi connectivity index (χ4v) is 3.80. The minimum Gasteiger partial charge on any atom is -0.491 e. The molecule has 0 aromatic heterocycles. The SMILES string of the molecule is CCOCCCOc1c(Br)cc(S(=O)(=O)Cl)cc1Br. The molecule has 108 valence electrons. The maximum absolute atomic E-state index is 11.2. The van der Waals surface area contributed by atoms with Gasteiger partial charge >= 0.3 is 0 Å². The topological polar surface area (TPSA) is 52.6 Å². The predicted molar refractivity (Wildman–Crippen MR) is 81.5 cm³/mol. The summed E-state index contributed by atoms with van der Waals surface area (Å²) < 4.78 is 34.3. The van der Waals surface area contributed by atoms with Gasteiger partial charge in [0.1, 0.15) is 5.75 Å². The van der Waals surface area contributed by atoms with Crippen LogP contribution in [0.1, 0.15) is 13.3 Å². The molecule has 0 aliphatic heterocycles.